The van der Waals surface area contributed by atoms with Crippen molar-refractivity contribution in [1.82, 2.24) is 4.98 Å². The predicted octanol–water partition coefficient (Wildman–Crippen LogP) is 4.93. The molecule has 1 N–H and O–H groups in total. The molecule has 140 valence electrons. The predicted molar refractivity (Wildman–Crippen MR) is 106 cm³/mol. The normalized spacial score (nSPS) is 10.6. The van der Waals surface area contributed by atoms with E-state index < -0.39 is 0 Å². The summed E-state index contributed by atoms with van der Waals surface area (Å²) < 4.78 is 11.2. The number of anilines is 1. The van der Waals surface area contributed by atoms with Gasteiger partial charge in [-0.05, 0) is 56.2 Å². The maximum absolute atomic E-state index is 12.3. The van der Waals surface area contributed by atoms with Crippen molar-refractivity contribution in [2.24, 2.45) is 0 Å². The Hall–Kier alpha value is -3.08. The van der Waals surface area contributed by atoms with Crippen molar-refractivity contribution in [2.75, 3.05) is 11.9 Å². The topological polar surface area (TPSA) is 64.4 Å². The lowest BCUT2D eigenvalue weighted by atomic mass is 10.1. The first-order chi connectivity index (χ1) is 13.1. The number of oxazole rings is 1. The van der Waals surface area contributed by atoms with Gasteiger partial charge in [-0.1, -0.05) is 18.2 Å². The number of ether oxygens (including phenoxy) is 1. The SMILES string of the molecule is CCOc1ccc(-c2cnc(CCC(=O)Nc3c(C)cccc3C)o2)cc1. The number of benzene rings is 2. The number of aryl methyl sites for hydroxylation is 3. The van der Waals surface area contributed by atoms with Crippen molar-refractivity contribution in [3.05, 3.63) is 65.7 Å². The van der Waals surface area contributed by atoms with Gasteiger partial charge in [-0.15, -0.1) is 0 Å². The molecule has 1 aromatic heterocycles. The van der Waals surface area contributed by atoms with Crippen LogP contribution >= 0.6 is 0 Å². The molecule has 0 spiro atoms. The Kier molecular flexibility index (Phi) is 5.91. The first-order valence-electron chi connectivity index (χ1n) is 9.11. The number of para-hydroxylation sites is 1. The highest BCUT2D eigenvalue weighted by Gasteiger charge is 2.11. The molecule has 1 amide bonds. The van der Waals surface area contributed by atoms with Gasteiger partial charge in [0.2, 0.25) is 5.91 Å². The Morgan fingerprint density at radius 3 is 2.48 bits per heavy atom. The Morgan fingerprint density at radius 1 is 1.11 bits per heavy atom. The minimum absolute atomic E-state index is 0.0479. The molecule has 5 heteroatoms. The summed E-state index contributed by atoms with van der Waals surface area (Å²) in [6.45, 7) is 6.56. The molecular formula is C22H24N2O3. The van der Waals surface area contributed by atoms with Crippen LogP contribution in [0.4, 0.5) is 5.69 Å². The largest absolute Gasteiger partial charge is 0.494 e. The van der Waals surface area contributed by atoms with Gasteiger partial charge < -0.3 is 14.5 Å². The van der Waals surface area contributed by atoms with Crippen molar-refractivity contribution in [2.45, 2.75) is 33.6 Å². The van der Waals surface area contributed by atoms with Crippen molar-refractivity contribution in [1.29, 1.82) is 0 Å². The van der Waals surface area contributed by atoms with Crippen LogP contribution < -0.4 is 10.1 Å². The maximum atomic E-state index is 12.3. The lowest BCUT2D eigenvalue weighted by molar-refractivity contribution is -0.116. The fourth-order valence-corrected chi connectivity index (χ4v) is 2.88. The molecule has 3 aromatic rings. The zero-order valence-corrected chi connectivity index (χ0v) is 15.9. The number of carbonyl (C=O) groups is 1. The van der Waals surface area contributed by atoms with E-state index in [-0.39, 0.29) is 5.91 Å². The summed E-state index contributed by atoms with van der Waals surface area (Å²) in [4.78, 5) is 16.6. The third kappa shape index (κ3) is 4.76. The summed E-state index contributed by atoms with van der Waals surface area (Å²) in [7, 11) is 0. The molecule has 0 atom stereocenters. The number of rotatable bonds is 7. The Morgan fingerprint density at radius 2 is 1.81 bits per heavy atom. The highest BCUT2D eigenvalue weighted by Crippen LogP contribution is 2.24. The van der Waals surface area contributed by atoms with Gasteiger partial charge in [-0.3, -0.25) is 4.79 Å². The van der Waals surface area contributed by atoms with Gasteiger partial charge in [0.15, 0.2) is 11.7 Å². The van der Waals surface area contributed by atoms with Gasteiger partial charge in [-0.25, -0.2) is 4.98 Å². The number of hydrogen-bond acceptors (Lipinski definition) is 4. The van der Waals surface area contributed by atoms with E-state index in [9.17, 15) is 4.79 Å². The third-order valence-electron chi connectivity index (χ3n) is 4.31. The molecule has 0 aliphatic heterocycles. The molecule has 0 saturated heterocycles. The summed E-state index contributed by atoms with van der Waals surface area (Å²) in [5, 5.41) is 2.98. The summed E-state index contributed by atoms with van der Waals surface area (Å²) in [6.07, 6.45) is 2.46. The highest BCUT2D eigenvalue weighted by molar-refractivity contribution is 5.92. The first-order valence-corrected chi connectivity index (χ1v) is 9.11. The minimum Gasteiger partial charge on any atom is -0.494 e. The number of aromatic nitrogens is 1. The molecule has 0 bridgehead atoms. The maximum Gasteiger partial charge on any atom is 0.224 e. The number of carbonyl (C=O) groups excluding carboxylic acids is 1. The van der Waals surface area contributed by atoms with Crippen LogP contribution in [0.1, 0.15) is 30.4 Å². The van der Waals surface area contributed by atoms with E-state index in [1.165, 1.54) is 0 Å². The number of nitrogens with zero attached hydrogens (tertiary/aromatic N) is 1. The van der Waals surface area contributed by atoms with Crippen LogP contribution in [0.25, 0.3) is 11.3 Å². The second-order valence-corrected chi connectivity index (χ2v) is 6.39. The van der Waals surface area contributed by atoms with Crippen molar-refractivity contribution >= 4 is 11.6 Å². The Balaban J connectivity index is 1.58. The zero-order chi connectivity index (χ0) is 19.2. The van der Waals surface area contributed by atoms with E-state index in [1.807, 2.05) is 63.2 Å². The van der Waals surface area contributed by atoms with E-state index >= 15 is 0 Å². The molecule has 3 rings (SSSR count). The van der Waals surface area contributed by atoms with Crippen LogP contribution in [-0.4, -0.2) is 17.5 Å². The fraction of sp³-hybridized carbons (Fsp3) is 0.273. The van der Waals surface area contributed by atoms with Gasteiger partial charge in [0.25, 0.3) is 0 Å². The van der Waals surface area contributed by atoms with Crippen LogP contribution in [0.15, 0.2) is 53.1 Å². The van der Waals surface area contributed by atoms with E-state index in [2.05, 4.69) is 10.3 Å². The van der Waals surface area contributed by atoms with Gasteiger partial charge >= 0.3 is 0 Å². The van der Waals surface area contributed by atoms with Crippen molar-refractivity contribution in [3.63, 3.8) is 0 Å². The minimum atomic E-state index is -0.0479. The van der Waals surface area contributed by atoms with E-state index in [0.29, 0.717) is 31.1 Å². The van der Waals surface area contributed by atoms with Crippen molar-refractivity contribution in [3.8, 4) is 17.1 Å². The summed E-state index contributed by atoms with van der Waals surface area (Å²) in [5.41, 5.74) is 3.91. The molecule has 0 aliphatic rings. The lowest BCUT2D eigenvalue weighted by Crippen LogP contribution is -2.14. The molecule has 2 aromatic carbocycles. The van der Waals surface area contributed by atoms with Crippen LogP contribution in [-0.2, 0) is 11.2 Å². The average Bonchev–Trinajstić information content (AvgIpc) is 3.13. The van der Waals surface area contributed by atoms with Crippen LogP contribution in [0.5, 0.6) is 5.75 Å². The smallest absolute Gasteiger partial charge is 0.224 e. The summed E-state index contributed by atoms with van der Waals surface area (Å²) in [6, 6.07) is 13.6. The third-order valence-corrected chi connectivity index (χ3v) is 4.31. The van der Waals surface area contributed by atoms with Crippen LogP contribution in [0.3, 0.4) is 0 Å². The molecular weight excluding hydrogens is 340 g/mol. The molecule has 5 nitrogen and oxygen atoms in total. The first kappa shape index (κ1) is 18.7. The fourth-order valence-electron chi connectivity index (χ4n) is 2.88. The second kappa shape index (κ2) is 8.54. The highest BCUT2D eigenvalue weighted by atomic mass is 16.5. The molecule has 0 radical (unpaired) electrons. The van der Waals surface area contributed by atoms with E-state index in [0.717, 1.165) is 28.1 Å². The molecule has 0 aliphatic carbocycles. The molecule has 0 fully saturated rings. The number of hydrogen-bond donors (Lipinski definition) is 1. The molecule has 1 heterocycles. The lowest BCUT2D eigenvalue weighted by Gasteiger charge is -2.10. The quantitative estimate of drug-likeness (QED) is 0.646. The van der Waals surface area contributed by atoms with E-state index in [4.69, 9.17) is 9.15 Å². The molecule has 0 saturated carbocycles. The number of nitrogens with one attached hydrogen (secondary N) is 1. The number of amides is 1. The van der Waals surface area contributed by atoms with Gasteiger partial charge in [0.1, 0.15) is 5.75 Å². The Bertz CT molecular complexity index is 893. The Labute approximate surface area is 159 Å². The van der Waals surface area contributed by atoms with Gasteiger partial charge in [0.05, 0.1) is 12.8 Å². The average molecular weight is 364 g/mol. The monoisotopic (exact) mass is 364 g/mol. The summed E-state index contributed by atoms with van der Waals surface area (Å²) >= 11 is 0. The van der Waals surface area contributed by atoms with Gasteiger partial charge in [0, 0.05) is 24.1 Å². The van der Waals surface area contributed by atoms with Gasteiger partial charge in [-0.2, -0.15) is 0 Å². The van der Waals surface area contributed by atoms with E-state index in [1.54, 1.807) is 6.20 Å². The molecule has 0 unspecified atom stereocenters. The molecule has 27 heavy (non-hydrogen) atoms. The van der Waals surface area contributed by atoms with Crippen LogP contribution in [0, 0.1) is 13.8 Å². The zero-order valence-electron chi connectivity index (χ0n) is 15.9. The summed E-state index contributed by atoms with van der Waals surface area (Å²) in [5.74, 6) is 2.01. The second-order valence-electron chi connectivity index (χ2n) is 6.39. The van der Waals surface area contributed by atoms with Crippen LogP contribution in [0.2, 0.25) is 0 Å². The standard InChI is InChI=1S/C22H24N2O3/c1-4-26-18-10-8-17(9-11-18)19-14-23-21(27-19)13-12-20(25)24-22-15(2)6-5-7-16(22)3/h5-11,14H,4,12-13H2,1-3H3,(H,24,25). The van der Waals surface area contributed by atoms with Crippen molar-refractivity contribution < 1.29 is 13.9 Å².